The SMILES string of the molecule is C[C@@H](C1=NS(=O)(=O)c2cc(I)ccc2N1N)c1ccccc1. The first-order valence-corrected chi connectivity index (χ1v) is 9.16. The zero-order valence-electron chi connectivity index (χ0n) is 11.8. The average molecular weight is 427 g/mol. The summed E-state index contributed by atoms with van der Waals surface area (Å²) in [6.45, 7) is 1.89. The number of anilines is 1. The molecule has 7 heteroatoms. The Morgan fingerprint density at radius 1 is 1.18 bits per heavy atom. The second-order valence-corrected chi connectivity index (χ2v) is 7.86. The summed E-state index contributed by atoms with van der Waals surface area (Å²) in [7, 11) is -3.74. The Bertz CT molecular complexity index is 850. The second-order valence-electron chi connectivity index (χ2n) is 5.04. The molecule has 2 N–H and O–H groups in total. The molecule has 0 saturated heterocycles. The maximum atomic E-state index is 12.4. The van der Waals surface area contributed by atoms with E-state index in [9.17, 15) is 8.42 Å². The zero-order valence-corrected chi connectivity index (χ0v) is 14.7. The number of sulfonamides is 1. The van der Waals surface area contributed by atoms with Gasteiger partial charge in [-0.15, -0.1) is 4.40 Å². The van der Waals surface area contributed by atoms with Crippen LogP contribution in [0, 0.1) is 3.57 Å². The molecule has 3 rings (SSSR count). The van der Waals surface area contributed by atoms with Crippen LogP contribution in [-0.4, -0.2) is 14.3 Å². The molecule has 0 amide bonds. The normalized spacial score (nSPS) is 17.6. The molecule has 0 fully saturated rings. The lowest BCUT2D eigenvalue weighted by atomic mass is 9.99. The molecule has 1 aliphatic heterocycles. The number of hydrogen-bond donors (Lipinski definition) is 1. The molecule has 0 saturated carbocycles. The molecular weight excluding hydrogens is 413 g/mol. The van der Waals surface area contributed by atoms with Crippen molar-refractivity contribution in [2.75, 3.05) is 5.01 Å². The quantitative estimate of drug-likeness (QED) is 0.591. The fourth-order valence-electron chi connectivity index (χ4n) is 2.41. The number of fused-ring (bicyclic) bond motifs is 1. The fourth-order valence-corrected chi connectivity index (χ4v) is 4.41. The number of rotatable bonds is 2. The molecule has 5 nitrogen and oxygen atoms in total. The summed E-state index contributed by atoms with van der Waals surface area (Å²) in [5, 5.41) is 1.37. The van der Waals surface area contributed by atoms with Crippen molar-refractivity contribution in [1.29, 1.82) is 0 Å². The standard InChI is InChI=1S/C15H14IN3O2S/c1-10(11-5-3-2-4-6-11)15-18-22(20,21)14-9-12(16)7-8-13(14)19(15)17/h2-10H,17H2,1H3/t10-/m1/s1. The number of halogens is 1. The van der Waals surface area contributed by atoms with Crippen molar-refractivity contribution in [3.8, 4) is 0 Å². The number of hydrogen-bond acceptors (Lipinski definition) is 4. The van der Waals surface area contributed by atoms with Crippen molar-refractivity contribution in [3.05, 3.63) is 57.7 Å². The van der Waals surface area contributed by atoms with Crippen molar-refractivity contribution in [2.45, 2.75) is 17.7 Å². The molecule has 22 heavy (non-hydrogen) atoms. The summed E-state index contributed by atoms with van der Waals surface area (Å²) in [5.41, 5.74) is 1.41. The molecule has 0 spiro atoms. The van der Waals surface area contributed by atoms with Crippen LogP contribution >= 0.6 is 22.6 Å². The Labute approximate surface area is 143 Å². The van der Waals surface area contributed by atoms with E-state index in [1.165, 1.54) is 5.01 Å². The maximum absolute atomic E-state index is 12.4. The predicted molar refractivity (Wildman–Crippen MR) is 95.3 cm³/mol. The summed E-state index contributed by atoms with van der Waals surface area (Å²) in [6, 6.07) is 14.7. The summed E-state index contributed by atoms with van der Waals surface area (Å²) in [4.78, 5) is 0.144. The Morgan fingerprint density at radius 2 is 1.86 bits per heavy atom. The molecule has 0 aliphatic carbocycles. The monoisotopic (exact) mass is 427 g/mol. The third-order valence-electron chi connectivity index (χ3n) is 3.61. The van der Waals surface area contributed by atoms with E-state index in [1.54, 1.807) is 12.1 Å². The molecule has 0 bridgehead atoms. The molecular formula is C15H14IN3O2S. The molecule has 114 valence electrons. The lowest BCUT2D eigenvalue weighted by molar-refractivity contribution is 0.596. The van der Waals surface area contributed by atoms with Crippen LogP contribution in [0.4, 0.5) is 5.69 Å². The number of hydrazine groups is 1. The fraction of sp³-hybridized carbons (Fsp3) is 0.133. The second kappa shape index (κ2) is 5.64. The minimum absolute atomic E-state index is 0.144. The van der Waals surface area contributed by atoms with Gasteiger partial charge in [0.2, 0.25) is 0 Å². The van der Waals surface area contributed by atoms with Crippen LogP contribution in [0.5, 0.6) is 0 Å². The van der Waals surface area contributed by atoms with Gasteiger partial charge in [0, 0.05) is 9.49 Å². The van der Waals surface area contributed by atoms with E-state index in [0.717, 1.165) is 9.13 Å². The first-order valence-electron chi connectivity index (χ1n) is 6.64. The van der Waals surface area contributed by atoms with Gasteiger partial charge in [-0.2, -0.15) is 8.42 Å². The highest BCUT2D eigenvalue weighted by Gasteiger charge is 2.32. The Kier molecular flexibility index (Phi) is 3.96. The van der Waals surface area contributed by atoms with Crippen LogP contribution in [0.1, 0.15) is 18.4 Å². The van der Waals surface area contributed by atoms with Crippen molar-refractivity contribution >= 4 is 44.1 Å². The van der Waals surface area contributed by atoms with Crippen LogP contribution in [0.2, 0.25) is 0 Å². The Balaban J connectivity index is 2.12. The maximum Gasteiger partial charge on any atom is 0.286 e. The molecule has 1 aliphatic rings. The van der Waals surface area contributed by atoms with Gasteiger partial charge in [0.15, 0.2) is 0 Å². The Morgan fingerprint density at radius 3 is 2.55 bits per heavy atom. The molecule has 0 aromatic heterocycles. The Hall–Kier alpha value is -1.45. The topological polar surface area (TPSA) is 75.8 Å². The zero-order chi connectivity index (χ0) is 15.9. The first-order chi connectivity index (χ1) is 10.4. The molecule has 2 aromatic carbocycles. The van der Waals surface area contributed by atoms with Crippen LogP contribution in [0.25, 0.3) is 0 Å². The van der Waals surface area contributed by atoms with Crippen LogP contribution in [0.3, 0.4) is 0 Å². The lowest BCUT2D eigenvalue weighted by Gasteiger charge is -2.30. The van der Waals surface area contributed by atoms with E-state index in [0.29, 0.717) is 11.5 Å². The average Bonchev–Trinajstić information content (AvgIpc) is 2.51. The number of benzene rings is 2. The van der Waals surface area contributed by atoms with Crippen LogP contribution in [-0.2, 0) is 10.0 Å². The lowest BCUT2D eigenvalue weighted by Crippen LogP contribution is -2.43. The molecule has 0 radical (unpaired) electrons. The van der Waals surface area contributed by atoms with Crippen LogP contribution in [0.15, 0.2) is 57.8 Å². The van der Waals surface area contributed by atoms with Gasteiger partial charge >= 0.3 is 0 Å². The van der Waals surface area contributed by atoms with E-state index in [2.05, 4.69) is 27.0 Å². The minimum atomic E-state index is -3.74. The molecule has 2 aromatic rings. The van der Waals surface area contributed by atoms with Gasteiger partial charge in [-0.3, -0.25) is 5.01 Å². The molecule has 1 heterocycles. The van der Waals surface area contributed by atoms with Gasteiger partial charge in [0.25, 0.3) is 10.0 Å². The predicted octanol–water partition coefficient (Wildman–Crippen LogP) is 2.88. The smallest absolute Gasteiger partial charge is 0.263 e. The summed E-state index contributed by atoms with van der Waals surface area (Å²) in [5.74, 6) is 6.23. The highest BCUT2D eigenvalue weighted by molar-refractivity contribution is 14.1. The van der Waals surface area contributed by atoms with E-state index in [-0.39, 0.29) is 10.8 Å². The van der Waals surface area contributed by atoms with Gasteiger partial charge in [-0.1, -0.05) is 37.3 Å². The molecule has 1 atom stereocenters. The highest BCUT2D eigenvalue weighted by atomic mass is 127. The summed E-state index contributed by atoms with van der Waals surface area (Å²) in [6.07, 6.45) is 0. The van der Waals surface area contributed by atoms with E-state index >= 15 is 0 Å². The van der Waals surface area contributed by atoms with Crippen LogP contribution < -0.4 is 10.9 Å². The minimum Gasteiger partial charge on any atom is -0.263 e. The van der Waals surface area contributed by atoms with E-state index < -0.39 is 10.0 Å². The van der Waals surface area contributed by atoms with Crippen molar-refractivity contribution in [2.24, 2.45) is 10.2 Å². The number of nitrogens with two attached hydrogens (primary N) is 1. The van der Waals surface area contributed by atoms with Gasteiger partial charge in [-0.25, -0.2) is 5.84 Å². The summed E-state index contributed by atoms with van der Waals surface area (Å²) < 4.78 is 29.7. The van der Waals surface area contributed by atoms with Gasteiger partial charge in [0.1, 0.15) is 10.7 Å². The largest absolute Gasteiger partial charge is 0.286 e. The van der Waals surface area contributed by atoms with Crippen molar-refractivity contribution < 1.29 is 8.42 Å². The highest BCUT2D eigenvalue weighted by Crippen LogP contribution is 2.34. The third-order valence-corrected chi connectivity index (χ3v) is 5.59. The van der Waals surface area contributed by atoms with E-state index in [4.69, 9.17) is 5.84 Å². The van der Waals surface area contributed by atoms with E-state index in [1.807, 2.05) is 43.3 Å². The number of amidine groups is 1. The number of nitrogens with zero attached hydrogens (tertiary/aromatic N) is 2. The van der Waals surface area contributed by atoms with Crippen molar-refractivity contribution in [1.82, 2.24) is 0 Å². The summed E-state index contributed by atoms with van der Waals surface area (Å²) >= 11 is 2.07. The van der Waals surface area contributed by atoms with Gasteiger partial charge < -0.3 is 0 Å². The van der Waals surface area contributed by atoms with Gasteiger partial charge in [0.05, 0.1) is 5.69 Å². The molecule has 0 unspecified atom stereocenters. The van der Waals surface area contributed by atoms with Crippen molar-refractivity contribution in [3.63, 3.8) is 0 Å². The first kappa shape index (κ1) is 15.4. The third kappa shape index (κ3) is 2.64. The van der Waals surface area contributed by atoms with Gasteiger partial charge in [-0.05, 0) is 46.4 Å².